The maximum absolute atomic E-state index is 5.92. The molecule has 1 aromatic carbocycles. The molecule has 0 radical (unpaired) electrons. The highest BCUT2D eigenvalue weighted by atomic mass is 79.9. The predicted octanol–water partition coefficient (Wildman–Crippen LogP) is 2.53. The summed E-state index contributed by atoms with van der Waals surface area (Å²) < 4.78 is 6.44. The molecule has 1 atom stereocenters. The van der Waals surface area contributed by atoms with Crippen molar-refractivity contribution >= 4 is 15.9 Å². The van der Waals surface area contributed by atoms with Gasteiger partial charge < -0.3 is 10.3 Å². The van der Waals surface area contributed by atoms with E-state index in [1.54, 1.807) is 0 Å². The van der Waals surface area contributed by atoms with Gasteiger partial charge in [0.1, 0.15) is 0 Å². The van der Waals surface area contributed by atoms with E-state index in [0.29, 0.717) is 0 Å². The fraction of sp³-hybridized carbons (Fsp3) is 0.250. The van der Waals surface area contributed by atoms with Gasteiger partial charge in [0.05, 0.1) is 5.69 Å². The van der Waals surface area contributed by atoms with E-state index in [1.807, 2.05) is 24.3 Å². The summed E-state index contributed by atoms with van der Waals surface area (Å²) in [5.74, 6) is 0.857. The highest BCUT2D eigenvalue weighted by molar-refractivity contribution is 9.10. The summed E-state index contributed by atoms with van der Waals surface area (Å²) >= 11 is 3.52. The molecule has 1 aromatic heterocycles. The van der Waals surface area contributed by atoms with Crippen LogP contribution in [-0.2, 0) is 12.8 Å². The van der Waals surface area contributed by atoms with Gasteiger partial charge in [-0.05, 0) is 18.6 Å². The van der Waals surface area contributed by atoms with Gasteiger partial charge >= 0.3 is 0 Å². The Morgan fingerprint density at radius 3 is 2.94 bits per heavy atom. The summed E-state index contributed by atoms with van der Waals surface area (Å²) in [5.41, 5.74) is 9.15. The van der Waals surface area contributed by atoms with Crippen molar-refractivity contribution in [3.05, 3.63) is 40.0 Å². The summed E-state index contributed by atoms with van der Waals surface area (Å²) in [5, 5.41) is 4.09. The molecule has 0 spiro atoms. The highest BCUT2D eigenvalue weighted by Gasteiger charge is 2.27. The molecule has 0 amide bonds. The van der Waals surface area contributed by atoms with Crippen molar-refractivity contribution in [2.45, 2.75) is 18.9 Å². The monoisotopic (exact) mass is 278 g/mol. The minimum atomic E-state index is 0.190. The van der Waals surface area contributed by atoms with Crippen LogP contribution in [0.5, 0.6) is 0 Å². The molecule has 1 aliphatic rings. The van der Waals surface area contributed by atoms with Crippen molar-refractivity contribution < 1.29 is 4.52 Å². The van der Waals surface area contributed by atoms with Crippen LogP contribution in [0.15, 0.2) is 33.3 Å². The molecule has 1 unspecified atom stereocenters. The minimum Gasteiger partial charge on any atom is -0.356 e. The SMILES string of the molecule is NC1Cc2noc(-c3ccccc3Br)c2C1. The molecule has 0 bridgehead atoms. The molecule has 2 aromatic rings. The van der Waals surface area contributed by atoms with Crippen molar-refractivity contribution in [2.24, 2.45) is 5.73 Å². The molecule has 0 fully saturated rings. The Kier molecular flexibility index (Phi) is 2.33. The van der Waals surface area contributed by atoms with E-state index in [0.717, 1.165) is 34.3 Å². The van der Waals surface area contributed by atoms with E-state index < -0.39 is 0 Å². The van der Waals surface area contributed by atoms with E-state index in [9.17, 15) is 0 Å². The van der Waals surface area contributed by atoms with Gasteiger partial charge in [-0.2, -0.15) is 0 Å². The molecule has 0 saturated heterocycles. The topological polar surface area (TPSA) is 52.0 Å². The Morgan fingerprint density at radius 1 is 1.31 bits per heavy atom. The van der Waals surface area contributed by atoms with Gasteiger partial charge in [0.2, 0.25) is 0 Å². The normalized spacial score (nSPS) is 18.8. The number of benzene rings is 1. The largest absolute Gasteiger partial charge is 0.356 e. The zero-order chi connectivity index (χ0) is 11.1. The fourth-order valence-corrected chi connectivity index (χ4v) is 2.62. The molecule has 0 aliphatic heterocycles. The van der Waals surface area contributed by atoms with Gasteiger partial charge in [-0.15, -0.1) is 0 Å². The Labute approximate surface area is 102 Å². The molecule has 0 saturated carbocycles. The quantitative estimate of drug-likeness (QED) is 0.872. The minimum absolute atomic E-state index is 0.190. The lowest BCUT2D eigenvalue weighted by molar-refractivity contribution is 0.417. The molecule has 16 heavy (non-hydrogen) atoms. The van der Waals surface area contributed by atoms with Crippen LogP contribution >= 0.6 is 15.9 Å². The number of nitrogens with two attached hydrogens (primary N) is 1. The Morgan fingerprint density at radius 2 is 2.12 bits per heavy atom. The van der Waals surface area contributed by atoms with Gasteiger partial charge in [0.15, 0.2) is 5.76 Å². The second-order valence-electron chi connectivity index (χ2n) is 4.09. The van der Waals surface area contributed by atoms with Crippen LogP contribution in [0.3, 0.4) is 0 Å². The Bertz CT molecular complexity index is 536. The lowest BCUT2D eigenvalue weighted by Gasteiger charge is -2.02. The Balaban J connectivity index is 2.12. The number of rotatable bonds is 1. The molecule has 82 valence electrons. The molecule has 3 rings (SSSR count). The summed E-state index contributed by atoms with van der Waals surface area (Å²) in [4.78, 5) is 0. The molecule has 4 heteroatoms. The number of halogens is 1. The van der Waals surface area contributed by atoms with Crippen LogP contribution in [0.1, 0.15) is 11.3 Å². The lowest BCUT2D eigenvalue weighted by atomic mass is 10.1. The maximum atomic E-state index is 5.92. The maximum Gasteiger partial charge on any atom is 0.171 e. The van der Waals surface area contributed by atoms with Crippen molar-refractivity contribution in [3.8, 4) is 11.3 Å². The fourth-order valence-electron chi connectivity index (χ4n) is 2.15. The number of fused-ring (bicyclic) bond motifs is 1. The molecular formula is C12H11BrN2O. The van der Waals surface area contributed by atoms with E-state index in [1.165, 1.54) is 5.56 Å². The van der Waals surface area contributed by atoms with Crippen LogP contribution in [0, 0.1) is 0 Å². The summed E-state index contributed by atoms with van der Waals surface area (Å²) in [6, 6.07) is 8.18. The predicted molar refractivity (Wildman–Crippen MR) is 65.0 cm³/mol. The summed E-state index contributed by atoms with van der Waals surface area (Å²) in [7, 11) is 0. The number of hydrogen-bond donors (Lipinski definition) is 1. The smallest absolute Gasteiger partial charge is 0.171 e. The third-order valence-corrected chi connectivity index (χ3v) is 3.60. The average molecular weight is 279 g/mol. The van der Waals surface area contributed by atoms with Crippen molar-refractivity contribution in [3.63, 3.8) is 0 Å². The van der Waals surface area contributed by atoms with Gasteiger partial charge in [-0.1, -0.05) is 33.2 Å². The molecule has 1 aliphatic carbocycles. The van der Waals surface area contributed by atoms with Crippen molar-refractivity contribution in [1.29, 1.82) is 0 Å². The van der Waals surface area contributed by atoms with Crippen LogP contribution in [0.25, 0.3) is 11.3 Å². The first-order chi connectivity index (χ1) is 7.75. The first-order valence-electron chi connectivity index (χ1n) is 5.23. The van der Waals surface area contributed by atoms with E-state index >= 15 is 0 Å². The van der Waals surface area contributed by atoms with Crippen molar-refractivity contribution in [1.82, 2.24) is 5.16 Å². The third-order valence-electron chi connectivity index (χ3n) is 2.91. The molecule has 1 heterocycles. The van der Waals surface area contributed by atoms with Crippen LogP contribution in [0.2, 0.25) is 0 Å². The third kappa shape index (κ3) is 1.49. The number of hydrogen-bond acceptors (Lipinski definition) is 3. The van der Waals surface area contributed by atoms with Gasteiger partial charge in [-0.3, -0.25) is 0 Å². The lowest BCUT2D eigenvalue weighted by Crippen LogP contribution is -2.19. The van der Waals surface area contributed by atoms with E-state index in [-0.39, 0.29) is 6.04 Å². The first-order valence-corrected chi connectivity index (χ1v) is 6.03. The molecule has 2 N–H and O–H groups in total. The van der Waals surface area contributed by atoms with Crippen molar-refractivity contribution in [2.75, 3.05) is 0 Å². The summed E-state index contributed by atoms with van der Waals surface area (Å²) in [6.45, 7) is 0. The zero-order valence-corrected chi connectivity index (χ0v) is 10.2. The molecular weight excluding hydrogens is 268 g/mol. The van der Waals surface area contributed by atoms with Gasteiger partial charge in [0, 0.05) is 28.1 Å². The second kappa shape index (κ2) is 3.71. The standard InChI is InChI=1S/C12H11BrN2O/c13-10-4-2-1-3-8(10)12-9-5-7(14)6-11(9)15-16-12/h1-4,7H,5-6,14H2. The van der Waals surface area contributed by atoms with Crippen LogP contribution in [-0.4, -0.2) is 11.2 Å². The number of nitrogens with zero attached hydrogens (tertiary/aromatic N) is 1. The van der Waals surface area contributed by atoms with Crippen LogP contribution < -0.4 is 5.73 Å². The van der Waals surface area contributed by atoms with Gasteiger partial charge in [-0.25, -0.2) is 0 Å². The van der Waals surface area contributed by atoms with E-state index in [4.69, 9.17) is 10.3 Å². The highest BCUT2D eigenvalue weighted by Crippen LogP contribution is 2.35. The Hall–Kier alpha value is -1.13. The summed E-state index contributed by atoms with van der Waals surface area (Å²) in [6.07, 6.45) is 1.68. The average Bonchev–Trinajstić information content (AvgIpc) is 2.78. The van der Waals surface area contributed by atoms with Crippen LogP contribution in [0.4, 0.5) is 0 Å². The second-order valence-corrected chi connectivity index (χ2v) is 4.94. The molecule has 3 nitrogen and oxygen atoms in total. The van der Waals surface area contributed by atoms with E-state index in [2.05, 4.69) is 21.1 Å². The number of aromatic nitrogens is 1. The first kappa shape index (κ1) is 10.1. The van der Waals surface area contributed by atoms with Gasteiger partial charge in [0.25, 0.3) is 0 Å². The zero-order valence-electron chi connectivity index (χ0n) is 8.61.